The Hall–Kier alpha value is -4.16. The van der Waals surface area contributed by atoms with Crippen LogP contribution in [-0.2, 0) is 20.8 Å². The first-order valence-corrected chi connectivity index (χ1v) is 13.1. The van der Waals surface area contributed by atoms with Crippen molar-refractivity contribution in [1.29, 1.82) is 0 Å². The Morgan fingerprint density at radius 2 is 1.90 bits per heavy atom. The number of halogens is 1. The Labute approximate surface area is 238 Å². The van der Waals surface area contributed by atoms with Crippen molar-refractivity contribution in [3.05, 3.63) is 59.1 Å². The molecule has 41 heavy (non-hydrogen) atoms. The lowest BCUT2D eigenvalue weighted by Gasteiger charge is -2.38. The second-order valence-electron chi connectivity index (χ2n) is 10.6. The van der Waals surface area contributed by atoms with Crippen molar-refractivity contribution in [2.75, 3.05) is 47.2 Å². The molecule has 0 aliphatic carbocycles. The number of amides is 3. The molecule has 3 heterocycles. The van der Waals surface area contributed by atoms with Crippen LogP contribution in [0.2, 0.25) is 0 Å². The third-order valence-electron chi connectivity index (χ3n) is 7.39. The van der Waals surface area contributed by atoms with Gasteiger partial charge >= 0.3 is 0 Å². The van der Waals surface area contributed by atoms with Gasteiger partial charge in [0.1, 0.15) is 23.8 Å². The smallest absolute Gasteiger partial charge is 0.294 e. The van der Waals surface area contributed by atoms with Crippen LogP contribution in [-0.4, -0.2) is 80.9 Å². The number of hydrogen-bond donors (Lipinski definition) is 2. The van der Waals surface area contributed by atoms with Gasteiger partial charge in [0, 0.05) is 34.2 Å². The fourth-order valence-corrected chi connectivity index (χ4v) is 4.93. The van der Waals surface area contributed by atoms with Crippen LogP contribution in [0.25, 0.3) is 11.0 Å². The zero-order valence-electron chi connectivity index (χ0n) is 23.3. The number of nitrogens with zero attached hydrogens (tertiary/aromatic N) is 1. The number of benzene rings is 2. The Bertz CT molecular complexity index is 1510. The highest BCUT2D eigenvalue weighted by molar-refractivity contribution is 6.06. The van der Waals surface area contributed by atoms with E-state index in [1.54, 1.807) is 25.1 Å². The Balaban J connectivity index is 0.00000253. The SMILES string of the molecule is COCCN1C(=O)c2oc3cc(C(=O)NC4(C)COC4)ccc3c2OCC1(C)C(=O)NCc1cc(F)ccc1OC.[HH].[HH]. The standard InChI is InChI=1S/C29H32FN3O8.2H2/c1-28(14-39-15-28)32-25(34)17-5-7-20-22(12-17)41-24-23(20)40-16-29(2,33(26(24)35)9-10-37-3)27(36)31-13-18-11-19(30)6-8-21(18)38-4;;/h5-8,11-12H,9-10,13-16H2,1-4H3,(H,31,36)(H,32,34);2*1H. The zero-order valence-corrected chi connectivity index (χ0v) is 23.3. The summed E-state index contributed by atoms with van der Waals surface area (Å²) in [6.45, 7) is 4.31. The molecule has 0 spiro atoms. The molecule has 2 N–H and O–H groups in total. The van der Waals surface area contributed by atoms with E-state index >= 15 is 0 Å². The molecule has 1 aromatic heterocycles. The summed E-state index contributed by atoms with van der Waals surface area (Å²) in [5.41, 5.74) is -0.813. The highest BCUT2D eigenvalue weighted by Gasteiger charge is 2.48. The van der Waals surface area contributed by atoms with E-state index in [1.807, 2.05) is 6.92 Å². The quantitative estimate of drug-likeness (QED) is 0.400. The van der Waals surface area contributed by atoms with Crippen molar-refractivity contribution in [3.63, 3.8) is 0 Å². The minimum atomic E-state index is -1.47. The highest BCUT2D eigenvalue weighted by atomic mass is 19.1. The molecule has 222 valence electrons. The Kier molecular flexibility index (Phi) is 7.62. The summed E-state index contributed by atoms with van der Waals surface area (Å²) in [5.74, 6) is -1.35. The van der Waals surface area contributed by atoms with Gasteiger partial charge in [0.05, 0.1) is 37.9 Å². The summed E-state index contributed by atoms with van der Waals surface area (Å²) in [6, 6.07) is 8.83. The molecule has 0 saturated carbocycles. The van der Waals surface area contributed by atoms with Gasteiger partial charge in [-0.1, -0.05) is 0 Å². The van der Waals surface area contributed by atoms with Gasteiger partial charge in [0.15, 0.2) is 11.3 Å². The van der Waals surface area contributed by atoms with E-state index in [4.69, 9.17) is 23.4 Å². The van der Waals surface area contributed by atoms with Gasteiger partial charge in [-0.25, -0.2) is 4.39 Å². The summed E-state index contributed by atoms with van der Waals surface area (Å²) in [7, 11) is 2.94. The van der Waals surface area contributed by atoms with Crippen LogP contribution in [0.5, 0.6) is 11.5 Å². The number of hydrogen-bond acceptors (Lipinski definition) is 8. The van der Waals surface area contributed by atoms with E-state index < -0.39 is 28.7 Å². The first-order valence-electron chi connectivity index (χ1n) is 13.1. The van der Waals surface area contributed by atoms with Gasteiger partial charge in [-0.2, -0.15) is 0 Å². The normalized spacial score (nSPS) is 19.5. The number of carbonyl (C=O) groups excluding carboxylic acids is 3. The summed E-state index contributed by atoms with van der Waals surface area (Å²) < 4.78 is 41.6. The van der Waals surface area contributed by atoms with Crippen LogP contribution in [0, 0.1) is 5.82 Å². The van der Waals surface area contributed by atoms with Crippen molar-refractivity contribution in [3.8, 4) is 11.5 Å². The summed E-state index contributed by atoms with van der Waals surface area (Å²) in [5, 5.41) is 6.22. The molecule has 3 amide bonds. The largest absolute Gasteiger partial charge is 0.496 e. The van der Waals surface area contributed by atoms with E-state index in [1.165, 1.54) is 37.3 Å². The molecule has 5 rings (SSSR count). The van der Waals surface area contributed by atoms with E-state index in [0.717, 1.165) is 0 Å². The van der Waals surface area contributed by atoms with Crippen LogP contribution in [0.1, 0.15) is 43.2 Å². The van der Waals surface area contributed by atoms with Crippen LogP contribution in [0.4, 0.5) is 4.39 Å². The van der Waals surface area contributed by atoms with Crippen molar-refractivity contribution in [1.82, 2.24) is 15.5 Å². The Morgan fingerprint density at radius 1 is 1.12 bits per heavy atom. The van der Waals surface area contributed by atoms with Gasteiger partial charge in [-0.05, 0) is 50.2 Å². The van der Waals surface area contributed by atoms with E-state index in [2.05, 4.69) is 10.6 Å². The topological polar surface area (TPSA) is 129 Å². The first kappa shape index (κ1) is 28.4. The van der Waals surface area contributed by atoms with Crippen molar-refractivity contribution in [2.45, 2.75) is 31.5 Å². The number of carbonyl (C=O) groups is 3. The lowest BCUT2D eigenvalue weighted by molar-refractivity contribution is -0.133. The Morgan fingerprint density at radius 3 is 2.59 bits per heavy atom. The molecule has 12 heteroatoms. The van der Waals surface area contributed by atoms with Gasteiger partial charge in [0.2, 0.25) is 11.7 Å². The van der Waals surface area contributed by atoms with E-state index in [9.17, 15) is 18.8 Å². The van der Waals surface area contributed by atoms with Crippen LogP contribution in [0.3, 0.4) is 0 Å². The van der Waals surface area contributed by atoms with Crippen LogP contribution < -0.4 is 20.1 Å². The van der Waals surface area contributed by atoms with Gasteiger partial charge in [-0.15, -0.1) is 0 Å². The molecule has 3 aromatic rings. The predicted octanol–water partition coefficient (Wildman–Crippen LogP) is 3.15. The second kappa shape index (κ2) is 11.0. The fourth-order valence-electron chi connectivity index (χ4n) is 4.93. The molecule has 1 fully saturated rings. The number of methoxy groups -OCH3 is 2. The lowest BCUT2D eigenvalue weighted by Crippen LogP contribution is -2.61. The highest BCUT2D eigenvalue weighted by Crippen LogP contribution is 2.39. The number of fused-ring (bicyclic) bond motifs is 3. The predicted molar refractivity (Wildman–Crippen MR) is 149 cm³/mol. The zero-order chi connectivity index (χ0) is 29.4. The molecular formula is C29H36FN3O8. The average Bonchev–Trinajstić information content (AvgIpc) is 3.27. The molecule has 2 aliphatic rings. The third-order valence-corrected chi connectivity index (χ3v) is 7.39. The van der Waals surface area contributed by atoms with Crippen LogP contribution >= 0.6 is 0 Å². The number of nitrogens with one attached hydrogen (secondary N) is 2. The van der Waals surface area contributed by atoms with Crippen molar-refractivity contribution in [2.24, 2.45) is 0 Å². The van der Waals surface area contributed by atoms with Crippen molar-refractivity contribution >= 4 is 28.7 Å². The molecule has 2 aliphatic heterocycles. The molecule has 2 aromatic carbocycles. The molecular weight excluding hydrogens is 537 g/mol. The molecule has 11 nitrogen and oxygen atoms in total. The van der Waals surface area contributed by atoms with E-state index in [-0.39, 0.29) is 46.6 Å². The number of furan rings is 1. The lowest BCUT2D eigenvalue weighted by atomic mass is 9.99. The maximum absolute atomic E-state index is 13.9. The number of rotatable bonds is 9. The molecule has 1 atom stereocenters. The van der Waals surface area contributed by atoms with Crippen LogP contribution in [0.15, 0.2) is 40.8 Å². The monoisotopic (exact) mass is 573 g/mol. The first-order chi connectivity index (χ1) is 19.6. The third kappa shape index (κ3) is 5.32. The average molecular weight is 574 g/mol. The number of ether oxygens (including phenoxy) is 4. The van der Waals surface area contributed by atoms with E-state index in [0.29, 0.717) is 41.1 Å². The van der Waals surface area contributed by atoms with Gasteiger partial charge in [-0.3, -0.25) is 14.4 Å². The van der Waals surface area contributed by atoms with Gasteiger partial charge in [0.25, 0.3) is 11.8 Å². The maximum atomic E-state index is 13.9. The minimum Gasteiger partial charge on any atom is -0.496 e. The van der Waals surface area contributed by atoms with Crippen molar-refractivity contribution < 1.29 is 45.0 Å². The fraction of sp³-hybridized carbons (Fsp3) is 0.414. The maximum Gasteiger partial charge on any atom is 0.294 e. The second-order valence-corrected chi connectivity index (χ2v) is 10.6. The molecule has 1 unspecified atom stereocenters. The summed E-state index contributed by atoms with van der Waals surface area (Å²) >= 11 is 0. The minimum absolute atomic E-state index is 0. The summed E-state index contributed by atoms with van der Waals surface area (Å²) in [4.78, 5) is 41.6. The molecule has 0 bridgehead atoms. The molecule has 0 radical (unpaired) electrons. The molecule has 1 saturated heterocycles. The van der Waals surface area contributed by atoms with Gasteiger partial charge < -0.3 is 38.9 Å². The summed E-state index contributed by atoms with van der Waals surface area (Å²) in [6.07, 6.45) is 0.